The lowest BCUT2D eigenvalue weighted by Crippen LogP contribution is -2.38. The van der Waals surface area contributed by atoms with E-state index in [1.807, 2.05) is 37.1 Å². The molecule has 1 saturated heterocycles. The number of nitrogens with zero attached hydrogens (tertiary/aromatic N) is 2. The third-order valence-electron chi connectivity index (χ3n) is 4.54. The van der Waals surface area contributed by atoms with E-state index in [0.29, 0.717) is 6.54 Å². The van der Waals surface area contributed by atoms with Crippen LogP contribution < -0.4 is 10.2 Å². The monoisotopic (exact) mass is 357 g/mol. The van der Waals surface area contributed by atoms with Gasteiger partial charge in [-0.25, -0.2) is 0 Å². The highest BCUT2D eigenvalue weighted by Crippen LogP contribution is 2.22. The Morgan fingerprint density at radius 1 is 1.23 bits per heavy atom. The number of hydrogen-bond acceptors (Lipinski definition) is 5. The minimum atomic E-state index is -0.133. The summed E-state index contributed by atoms with van der Waals surface area (Å²) in [5.41, 5.74) is 2.45. The molecule has 6 nitrogen and oxygen atoms in total. The molecule has 26 heavy (non-hydrogen) atoms. The Bertz CT molecular complexity index is 696. The first-order chi connectivity index (χ1) is 12.6. The summed E-state index contributed by atoms with van der Waals surface area (Å²) >= 11 is 0. The lowest BCUT2D eigenvalue weighted by molar-refractivity contribution is -0.122. The van der Waals surface area contributed by atoms with Crippen molar-refractivity contribution in [2.24, 2.45) is 0 Å². The van der Waals surface area contributed by atoms with Crippen molar-refractivity contribution in [3.05, 3.63) is 54.0 Å². The largest absolute Gasteiger partial charge is 0.467 e. The summed E-state index contributed by atoms with van der Waals surface area (Å²) in [5.74, 6) is 0.749. The molecule has 3 rings (SSSR count). The van der Waals surface area contributed by atoms with E-state index >= 15 is 0 Å². The van der Waals surface area contributed by atoms with Crippen molar-refractivity contribution >= 4 is 11.6 Å². The molecular weight excluding hydrogens is 330 g/mol. The van der Waals surface area contributed by atoms with Gasteiger partial charge in [-0.1, -0.05) is 18.2 Å². The van der Waals surface area contributed by atoms with Crippen LogP contribution in [-0.4, -0.2) is 50.7 Å². The molecule has 1 aliphatic heterocycles. The van der Waals surface area contributed by atoms with E-state index in [2.05, 4.69) is 28.4 Å². The molecule has 1 aliphatic rings. The number of carbonyl (C=O) groups is 1. The smallest absolute Gasteiger partial charge is 0.234 e. The second-order valence-corrected chi connectivity index (χ2v) is 6.71. The van der Waals surface area contributed by atoms with Gasteiger partial charge in [-0.15, -0.1) is 0 Å². The molecule has 1 atom stereocenters. The number of para-hydroxylation sites is 1. The SMILES string of the molecule is C[C@@H](NC(=O)CN(C)Cc1ccccc1N1CCOCC1)c1ccco1. The van der Waals surface area contributed by atoms with Crippen LogP contribution in [0.4, 0.5) is 5.69 Å². The Balaban J connectivity index is 1.56. The van der Waals surface area contributed by atoms with Crippen molar-refractivity contribution in [3.8, 4) is 0 Å². The molecule has 1 fully saturated rings. The summed E-state index contributed by atoms with van der Waals surface area (Å²) in [4.78, 5) is 16.7. The summed E-state index contributed by atoms with van der Waals surface area (Å²) in [6.07, 6.45) is 1.62. The topological polar surface area (TPSA) is 58.0 Å². The fourth-order valence-electron chi connectivity index (χ4n) is 3.25. The zero-order valence-electron chi connectivity index (χ0n) is 15.5. The molecule has 2 heterocycles. The average Bonchev–Trinajstić information content (AvgIpc) is 3.17. The van der Waals surface area contributed by atoms with Crippen LogP contribution in [0.3, 0.4) is 0 Å². The molecule has 0 radical (unpaired) electrons. The summed E-state index contributed by atoms with van der Waals surface area (Å²) in [6.45, 7) is 6.31. The highest BCUT2D eigenvalue weighted by Gasteiger charge is 2.17. The maximum Gasteiger partial charge on any atom is 0.234 e. The molecule has 2 aromatic rings. The number of rotatable bonds is 7. The van der Waals surface area contributed by atoms with E-state index in [4.69, 9.17) is 9.15 Å². The number of nitrogens with one attached hydrogen (secondary N) is 1. The van der Waals surface area contributed by atoms with Gasteiger partial charge in [0.15, 0.2) is 0 Å². The molecule has 0 spiro atoms. The molecule has 1 aromatic carbocycles. The summed E-state index contributed by atoms with van der Waals surface area (Å²) < 4.78 is 10.8. The number of amides is 1. The Kier molecular flexibility index (Phi) is 6.30. The number of likely N-dealkylation sites (N-methyl/N-ethyl adjacent to an activating group) is 1. The van der Waals surface area contributed by atoms with Gasteiger partial charge in [-0.3, -0.25) is 9.69 Å². The van der Waals surface area contributed by atoms with Gasteiger partial charge in [0.1, 0.15) is 5.76 Å². The van der Waals surface area contributed by atoms with Gasteiger partial charge in [-0.2, -0.15) is 0 Å². The number of hydrogen-bond donors (Lipinski definition) is 1. The van der Waals surface area contributed by atoms with Crippen LogP contribution in [0, 0.1) is 0 Å². The third kappa shape index (κ3) is 4.86. The number of anilines is 1. The lowest BCUT2D eigenvalue weighted by atomic mass is 10.1. The number of ether oxygens (including phenoxy) is 1. The van der Waals surface area contributed by atoms with E-state index in [-0.39, 0.29) is 11.9 Å². The maximum atomic E-state index is 12.3. The Hall–Kier alpha value is -2.31. The highest BCUT2D eigenvalue weighted by molar-refractivity contribution is 5.78. The molecule has 6 heteroatoms. The van der Waals surface area contributed by atoms with Crippen molar-refractivity contribution in [2.45, 2.75) is 19.5 Å². The van der Waals surface area contributed by atoms with Crippen molar-refractivity contribution in [2.75, 3.05) is 44.8 Å². The molecule has 1 amide bonds. The van der Waals surface area contributed by atoms with Crippen molar-refractivity contribution in [1.29, 1.82) is 0 Å². The minimum Gasteiger partial charge on any atom is -0.467 e. The number of carbonyl (C=O) groups excluding carboxylic acids is 1. The summed E-state index contributed by atoms with van der Waals surface area (Å²) in [7, 11) is 1.97. The van der Waals surface area contributed by atoms with Gasteiger partial charge in [0.25, 0.3) is 0 Å². The maximum absolute atomic E-state index is 12.3. The fourth-order valence-corrected chi connectivity index (χ4v) is 3.25. The third-order valence-corrected chi connectivity index (χ3v) is 4.54. The second kappa shape index (κ2) is 8.87. The molecule has 1 N–H and O–H groups in total. The van der Waals surface area contributed by atoms with Crippen LogP contribution in [-0.2, 0) is 16.1 Å². The Labute approximate surface area is 154 Å². The van der Waals surface area contributed by atoms with Gasteiger partial charge in [-0.05, 0) is 37.7 Å². The van der Waals surface area contributed by atoms with E-state index < -0.39 is 0 Å². The molecule has 1 aromatic heterocycles. The average molecular weight is 357 g/mol. The predicted molar refractivity (Wildman–Crippen MR) is 101 cm³/mol. The van der Waals surface area contributed by atoms with Crippen LogP contribution in [0.1, 0.15) is 24.3 Å². The molecule has 0 aliphatic carbocycles. The Morgan fingerprint density at radius 2 is 2.00 bits per heavy atom. The van der Waals surface area contributed by atoms with Gasteiger partial charge in [0, 0.05) is 25.3 Å². The zero-order chi connectivity index (χ0) is 18.4. The van der Waals surface area contributed by atoms with Crippen LogP contribution in [0.25, 0.3) is 0 Å². The van der Waals surface area contributed by atoms with Crippen LogP contribution in [0.15, 0.2) is 47.1 Å². The van der Waals surface area contributed by atoms with Gasteiger partial charge in [0.2, 0.25) is 5.91 Å². The number of furan rings is 1. The first-order valence-corrected chi connectivity index (χ1v) is 9.05. The Morgan fingerprint density at radius 3 is 2.73 bits per heavy atom. The molecule has 0 saturated carbocycles. The van der Waals surface area contributed by atoms with Crippen LogP contribution >= 0.6 is 0 Å². The molecule has 0 bridgehead atoms. The van der Waals surface area contributed by atoms with Gasteiger partial charge < -0.3 is 19.4 Å². The van der Waals surface area contributed by atoms with Crippen molar-refractivity contribution in [3.63, 3.8) is 0 Å². The van der Waals surface area contributed by atoms with Gasteiger partial charge in [0.05, 0.1) is 32.1 Å². The fraction of sp³-hybridized carbons (Fsp3) is 0.450. The predicted octanol–water partition coefficient (Wildman–Crippen LogP) is 2.43. The van der Waals surface area contributed by atoms with Gasteiger partial charge >= 0.3 is 0 Å². The summed E-state index contributed by atoms with van der Waals surface area (Å²) in [6, 6.07) is 11.9. The normalized spacial score (nSPS) is 15.9. The zero-order valence-corrected chi connectivity index (χ0v) is 15.5. The first kappa shape index (κ1) is 18.5. The molecule has 0 unspecified atom stereocenters. The number of morpholine rings is 1. The molecular formula is C20H27N3O3. The van der Waals surface area contributed by atoms with E-state index in [0.717, 1.165) is 38.6 Å². The lowest BCUT2D eigenvalue weighted by Gasteiger charge is -2.31. The summed E-state index contributed by atoms with van der Waals surface area (Å²) in [5, 5.41) is 2.98. The standard InChI is InChI=1S/C20H27N3O3/c1-16(19-8-5-11-26-19)21-20(24)15-22(2)14-17-6-3-4-7-18(17)23-9-12-25-13-10-23/h3-8,11,16H,9-10,12-15H2,1-2H3,(H,21,24)/t16-/m1/s1. The minimum absolute atomic E-state index is 0.0137. The van der Waals surface area contributed by atoms with Crippen molar-refractivity contribution in [1.82, 2.24) is 10.2 Å². The first-order valence-electron chi connectivity index (χ1n) is 9.05. The van der Waals surface area contributed by atoms with Crippen molar-refractivity contribution < 1.29 is 13.9 Å². The second-order valence-electron chi connectivity index (χ2n) is 6.71. The molecule has 140 valence electrons. The highest BCUT2D eigenvalue weighted by atomic mass is 16.5. The van der Waals surface area contributed by atoms with Crippen LogP contribution in [0.5, 0.6) is 0 Å². The van der Waals surface area contributed by atoms with E-state index in [1.54, 1.807) is 6.26 Å². The van der Waals surface area contributed by atoms with Crippen LogP contribution in [0.2, 0.25) is 0 Å². The van der Waals surface area contributed by atoms with E-state index in [9.17, 15) is 4.79 Å². The quantitative estimate of drug-likeness (QED) is 0.825. The van der Waals surface area contributed by atoms with E-state index in [1.165, 1.54) is 11.3 Å². The number of benzene rings is 1.